The summed E-state index contributed by atoms with van der Waals surface area (Å²) in [5.74, 6) is -0.807. The van der Waals surface area contributed by atoms with Crippen LogP contribution < -0.4 is 10.6 Å². The molecule has 0 atom stereocenters. The standard InChI is InChI=1S/C18H23N5O4S/c24-14-5-6-15(25)23(14)10-16(26)22-8-7-12-13(9-22)28-18(20-12)21-17(27)19-11-3-1-2-4-11/h11H,1-10H2,(H2,19,20,21,27). The Bertz CT molecular complexity index is 801. The molecule has 10 heteroatoms. The van der Waals surface area contributed by atoms with Crippen LogP contribution in [0, 0.1) is 0 Å². The Morgan fingerprint density at radius 1 is 1.11 bits per heavy atom. The minimum atomic E-state index is -0.284. The Hall–Kier alpha value is -2.49. The van der Waals surface area contributed by atoms with E-state index in [9.17, 15) is 19.2 Å². The highest BCUT2D eigenvalue weighted by molar-refractivity contribution is 7.15. The van der Waals surface area contributed by atoms with Crippen LogP contribution in [0.3, 0.4) is 0 Å². The van der Waals surface area contributed by atoms with Gasteiger partial charge in [0.2, 0.25) is 17.7 Å². The van der Waals surface area contributed by atoms with Crippen molar-refractivity contribution in [1.29, 1.82) is 0 Å². The second kappa shape index (κ2) is 7.86. The topological polar surface area (TPSA) is 112 Å². The molecule has 3 heterocycles. The molecule has 5 amide bonds. The minimum Gasteiger partial charge on any atom is -0.336 e. The van der Waals surface area contributed by atoms with E-state index in [0.717, 1.165) is 41.2 Å². The molecule has 1 saturated carbocycles. The van der Waals surface area contributed by atoms with E-state index in [-0.39, 0.29) is 49.2 Å². The number of imide groups is 1. The Morgan fingerprint density at radius 3 is 2.54 bits per heavy atom. The summed E-state index contributed by atoms with van der Waals surface area (Å²) in [5.41, 5.74) is 0.888. The first-order valence-electron chi connectivity index (χ1n) is 9.66. The van der Waals surface area contributed by atoms with Crippen molar-refractivity contribution in [1.82, 2.24) is 20.1 Å². The molecular formula is C18H23N5O4S. The molecule has 0 aromatic carbocycles. The lowest BCUT2D eigenvalue weighted by Gasteiger charge is -2.27. The maximum absolute atomic E-state index is 12.5. The van der Waals surface area contributed by atoms with Crippen molar-refractivity contribution in [2.45, 2.75) is 57.5 Å². The molecular weight excluding hydrogens is 382 g/mol. The van der Waals surface area contributed by atoms with E-state index in [1.54, 1.807) is 4.90 Å². The van der Waals surface area contributed by atoms with E-state index in [1.807, 2.05) is 0 Å². The molecule has 2 N–H and O–H groups in total. The molecule has 0 unspecified atom stereocenters. The molecule has 4 rings (SSSR count). The van der Waals surface area contributed by atoms with Gasteiger partial charge in [-0.05, 0) is 12.8 Å². The zero-order valence-corrected chi connectivity index (χ0v) is 16.3. The third-order valence-electron chi connectivity index (χ3n) is 5.44. The van der Waals surface area contributed by atoms with Crippen LogP contribution in [0.2, 0.25) is 0 Å². The predicted molar refractivity (Wildman–Crippen MR) is 102 cm³/mol. The third-order valence-corrected chi connectivity index (χ3v) is 6.44. The molecule has 1 aromatic rings. The molecule has 1 aliphatic carbocycles. The molecule has 1 saturated heterocycles. The number of amides is 5. The van der Waals surface area contributed by atoms with Crippen molar-refractivity contribution in [3.05, 3.63) is 10.6 Å². The molecule has 1 aromatic heterocycles. The molecule has 9 nitrogen and oxygen atoms in total. The predicted octanol–water partition coefficient (Wildman–Crippen LogP) is 1.24. The zero-order valence-electron chi connectivity index (χ0n) is 15.5. The molecule has 2 fully saturated rings. The summed E-state index contributed by atoms with van der Waals surface area (Å²) in [7, 11) is 0. The highest BCUT2D eigenvalue weighted by Gasteiger charge is 2.33. The normalized spacial score (nSPS) is 19.9. The maximum Gasteiger partial charge on any atom is 0.321 e. The number of aromatic nitrogens is 1. The van der Waals surface area contributed by atoms with E-state index in [4.69, 9.17) is 0 Å². The van der Waals surface area contributed by atoms with Gasteiger partial charge in [-0.3, -0.25) is 24.6 Å². The van der Waals surface area contributed by atoms with Gasteiger partial charge < -0.3 is 10.2 Å². The Balaban J connectivity index is 1.33. The molecule has 28 heavy (non-hydrogen) atoms. The fourth-order valence-electron chi connectivity index (χ4n) is 3.89. The third kappa shape index (κ3) is 4.01. The van der Waals surface area contributed by atoms with Gasteiger partial charge in [0, 0.05) is 36.7 Å². The number of nitrogens with zero attached hydrogens (tertiary/aromatic N) is 3. The average molecular weight is 405 g/mol. The van der Waals surface area contributed by atoms with Crippen LogP contribution in [0.15, 0.2) is 0 Å². The average Bonchev–Trinajstić information content (AvgIpc) is 3.37. The number of hydrogen-bond acceptors (Lipinski definition) is 6. The van der Waals surface area contributed by atoms with Gasteiger partial charge >= 0.3 is 6.03 Å². The fourth-order valence-corrected chi connectivity index (χ4v) is 4.90. The summed E-state index contributed by atoms with van der Waals surface area (Å²) < 4.78 is 0. The lowest BCUT2D eigenvalue weighted by atomic mass is 10.2. The van der Waals surface area contributed by atoms with E-state index in [1.165, 1.54) is 11.3 Å². The maximum atomic E-state index is 12.5. The number of fused-ring (bicyclic) bond motifs is 1. The first kappa shape index (κ1) is 18.9. The SMILES string of the molecule is O=C(Nc1nc2c(s1)CN(C(=O)CN1C(=O)CCC1=O)CC2)NC1CCCC1. The van der Waals surface area contributed by atoms with E-state index in [0.29, 0.717) is 24.6 Å². The summed E-state index contributed by atoms with van der Waals surface area (Å²) in [6.45, 7) is 0.675. The largest absolute Gasteiger partial charge is 0.336 e. The number of carbonyl (C=O) groups is 4. The summed E-state index contributed by atoms with van der Waals surface area (Å²) in [5, 5.41) is 6.29. The van der Waals surface area contributed by atoms with Crippen molar-refractivity contribution in [3.63, 3.8) is 0 Å². The minimum absolute atomic E-state index is 0.184. The lowest BCUT2D eigenvalue weighted by Crippen LogP contribution is -2.44. The number of carbonyl (C=O) groups excluding carboxylic acids is 4. The summed E-state index contributed by atoms with van der Waals surface area (Å²) in [6, 6.07) is -0.00399. The van der Waals surface area contributed by atoms with Gasteiger partial charge in [0.05, 0.1) is 12.2 Å². The first-order chi connectivity index (χ1) is 13.5. The monoisotopic (exact) mass is 405 g/mol. The molecule has 0 bridgehead atoms. The first-order valence-corrected chi connectivity index (χ1v) is 10.5. The second-order valence-electron chi connectivity index (χ2n) is 7.41. The van der Waals surface area contributed by atoms with E-state index < -0.39 is 0 Å². The van der Waals surface area contributed by atoms with Crippen molar-refractivity contribution in [2.75, 3.05) is 18.4 Å². The fraction of sp³-hybridized carbons (Fsp3) is 0.611. The van der Waals surface area contributed by atoms with Gasteiger partial charge in [-0.15, -0.1) is 0 Å². The van der Waals surface area contributed by atoms with E-state index >= 15 is 0 Å². The van der Waals surface area contributed by atoms with Gasteiger partial charge in [0.25, 0.3) is 0 Å². The van der Waals surface area contributed by atoms with Gasteiger partial charge in [-0.25, -0.2) is 9.78 Å². The van der Waals surface area contributed by atoms with Crippen LogP contribution in [0.1, 0.15) is 49.1 Å². The van der Waals surface area contributed by atoms with Crippen LogP contribution in [-0.2, 0) is 27.3 Å². The summed E-state index contributed by atoms with van der Waals surface area (Å²) in [4.78, 5) is 56.1. The lowest BCUT2D eigenvalue weighted by molar-refractivity contribution is -0.145. The molecule has 150 valence electrons. The number of urea groups is 1. The summed E-state index contributed by atoms with van der Waals surface area (Å²) >= 11 is 1.36. The van der Waals surface area contributed by atoms with Gasteiger partial charge in [0.15, 0.2) is 5.13 Å². The molecule has 0 radical (unpaired) electrons. The molecule has 3 aliphatic rings. The van der Waals surface area contributed by atoms with Crippen LogP contribution in [0.25, 0.3) is 0 Å². The number of hydrogen-bond donors (Lipinski definition) is 2. The van der Waals surface area contributed by atoms with Crippen LogP contribution in [0.5, 0.6) is 0 Å². The highest BCUT2D eigenvalue weighted by atomic mass is 32.1. The quantitative estimate of drug-likeness (QED) is 0.732. The van der Waals surface area contributed by atoms with Crippen molar-refractivity contribution in [3.8, 4) is 0 Å². The Kier molecular flexibility index (Phi) is 5.29. The molecule has 2 aliphatic heterocycles. The van der Waals surface area contributed by atoms with Crippen LogP contribution in [-0.4, -0.2) is 57.7 Å². The van der Waals surface area contributed by atoms with Gasteiger partial charge in [-0.2, -0.15) is 0 Å². The van der Waals surface area contributed by atoms with Crippen LogP contribution >= 0.6 is 11.3 Å². The number of rotatable bonds is 4. The number of anilines is 1. The molecule has 0 spiro atoms. The highest BCUT2D eigenvalue weighted by Crippen LogP contribution is 2.28. The number of nitrogens with one attached hydrogen (secondary N) is 2. The van der Waals surface area contributed by atoms with Gasteiger partial charge in [-0.1, -0.05) is 24.2 Å². The Labute approximate surface area is 166 Å². The van der Waals surface area contributed by atoms with Gasteiger partial charge in [0.1, 0.15) is 6.54 Å². The Morgan fingerprint density at radius 2 is 1.82 bits per heavy atom. The summed E-state index contributed by atoms with van der Waals surface area (Å²) in [6.07, 6.45) is 5.28. The van der Waals surface area contributed by atoms with Crippen molar-refractivity contribution in [2.24, 2.45) is 0 Å². The zero-order chi connectivity index (χ0) is 19.7. The number of likely N-dealkylation sites (tertiary alicyclic amines) is 1. The number of thiazole rings is 1. The second-order valence-corrected chi connectivity index (χ2v) is 8.49. The van der Waals surface area contributed by atoms with Crippen molar-refractivity contribution >= 4 is 40.2 Å². The van der Waals surface area contributed by atoms with E-state index in [2.05, 4.69) is 15.6 Å². The van der Waals surface area contributed by atoms with Crippen molar-refractivity contribution < 1.29 is 19.2 Å². The smallest absolute Gasteiger partial charge is 0.321 e. The van der Waals surface area contributed by atoms with Crippen LogP contribution in [0.4, 0.5) is 9.93 Å².